The first kappa shape index (κ1) is 19.1. The molecule has 150 valence electrons. The molecule has 6 heteroatoms. The van der Waals surface area contributed by atoms with Crippen LogP contribution in [-0.4, -0.2) is 35.8 Å². The Morgan fingerprint density at radius 1 is 1.07 bits per heavy atom. The van der Waals surface area contributed by atoms with E-state index in [1.165, 1.54) is 0 Å². The normalized spacial score (nSPS) is 15.7. The van der Waals surface area contributed by atoms with Crippen LogP contribution in [0, 0.1) is 0 Å². The van der Waals surface area contributed by atoms with Gasteiger partial charge in [-0.1, -0.05) is 53.7 Å². The van der Waals surface area contributed by atoms with Crippen molar-refractivity contribution in [2.75, 3.05) is 19.7 Å². The summed E-state index contributed by atoms with van der Waals surface area (Å²) in [6.45, 7) is 1.77. The molecule has 1 aromatic heterocycles. The average Bonchev–Trinajstić information content (AvgIpc) is 3.33. The topological polar surface area (TPSA) is 67.6 Å². The third kappa shape index (κ3) is 4.96. The molecule has 0 bridgehead atoms. The van der Waals surface area contributed by atoms with Crippen LogP contribution in [0.2, 0.25) is 0 Å². The molecule has 1 aliphatic rings. The van der Waals surface area contributed by atoms with E-state index >= 15 is 0 Å². The number of benzene rings is 2. The minimum Gasteiger partial charge on any atom is -0.491 e. The van der Waals surface area contributed by atoms with Gasteiger partial charge in [-0.3, -0.25) is 0 Å². The van der Waals surface area contributed by atoms with Gasteiger partial charge in [-0.25, -0.2) is 4.79 Å². The number of likely N-dealkylation sites (tertiary alicyclic amines) is 1. The number of rotatable bonds is 6. The summed E-state index contributed by atoms with van der Waals surface area (Å²) in [6.07, 6.45) is 3.37. The maximum Gasteiger partial charge on any atom is 0.317 e. The SMILES string of the molecule is O=C(NC(COc1ccccc1)c1ccccc1)N1CCC(c2ccon2)CC1. The van der Waals surface area contributed by atoms with E-state index in [2.05, 4.69) is 10.5 Å². The second-order valence-corrected chi connectivity index (χ2v) is 7.22. The van der Waals surface area contributed by atoms with E-state index < -0.39 is 0 Å². The predicted molar refractivity (Wildman–Crippen MR) is 110 cm³/mol. The van der Waals surface area contributed by atoms with Crippen molar-refractivity contribution in [3.63, 3.8) is 0 Å². The Morgan fingerprint density at radius 3 is 2.41 bits per heavy atom. The van der Waals surface area contributed by atoms with Gasteiger partial charge in [0, 0.05) is 25.1 Å². The average molecular weight is 391 g/mol. The number of amides is 2. The number of hydrogen-bond acceptors (Lipinski definition) is 4. The third-order valence-corrected chi connectivity index (χ3v) is 5.32. The Kier molecular flexibility index (Phi) is 6.10. The number of hydrogen-bond donors (Lipinski definition) is 1. The predicted octanol–water partition coefficient (Wildman–Crippen LogP) is 4.38. The molecule has 1 atom stereocenters. The summed E-state index contributed by atoms with van der Waals surface area (Å²) in [5.74, 6) is 1.14. The molecule has 1 unspecified atom stereocenters. The number of para-hydroxylation sites is 1. The van der Waals surface area contributed by atoms with Crippen molar-refractivity contribution in [3.8, 4) is 5.75 Å². The van der Waals surface area contributed by atoms with Crippen LogP contribution in [-0.2, 0) is 0 Å². The Morgan fingerprint density at radius 2 is 1.76 bits per heavy atom. The van der Waals surface area contributed by atoms with Crippen LogP contribution in [0.15, 0.2) is 77.5 Å². The van der Waals surface area contributed by atoms with Gasteiger partial charge in [0.1, 0.15) is 18.6 Å². The van der Waals surface area contributed by atoms with Crippen molar-refractivity contribution >= 4 is 6.03 Å². The molecule has 0 aliphatic carbocycles. The molecule has 0 radical (unpaired) electrons. The monoisotopic (exact) mass is 391 g/mol. The number of nitrogens with zero attached hydrogens (tertiary/aromatic N) is 2. The van der Waals surface area contributed by atoms with Gasteiger partial charge in [-0.15, -0.1) is 0 Å². The highest BCUT2D eigenvalue weighted by Gasteiger charge is 2.27. The Bertz CT molecular complexity index is 876. The van der Waals surface area contributed by atoms with Crippen molar-refractivity contribution in [2.45, 2.75) is 24.8 Å². The fourth-order valence-corrected chi connectivity index (χ4v) is 3.65. The summed E-state index contributed by atoms with van der Waals surface area (Å²) < 4.78 is 10.9. The molecule has 1 fully saturated rings. The molecule has 0 spiro atoms. The van der Waals surface area contributed by atoms with Crippen LogP contribution in [0.3, 0.4) is 0 Å². The maximum absolute atomic E-state index is 12.9. The summed E-state index contributed by atoms with van der Waals surface area (Å²) in [5.41, 5.74) is 2.00. The summed E-state index contributed by atoms with van der Waals surface area (Å²) in [6, 6.07) is 21.2. The Hall–Kier alpha value is -3.28. The van der Waals surface area contributed by atoms with Gasteiger partial charge in [0.15, 0.2) is 0 Å². The Balaban J connectivity index is 1.37. The molecular formula is C23H25N3O3. The molecule has 29 heavy (non-hydrogen) atoms. The highest BCUT2D eigenvalue weighted by molar-refractivity contribution is 5.75. The first-order valence-corrected chi connectivity index (χ1v) is 9.98. The fourth-order valence-electron chi connectivity index (χ4n) is 3.65. The number of carbonyl (C=O) groups excluding carboxylic acids is 1. The molecule has 4 rings (SSSR count). The van der Waals surface area contributed by atoms with Gasteiger partial charge in [-0.2, -0.15) is 0 Å². The van der Waals surface area contributed by atoms with E-state index in [1.807, 2.05) is 71.6 Å². The summed E-state index contributed by atoms with van der Waals surface area (Å²) in [5, 5.41) is 7.19. The number of piperidine rings is 1. The van der Waals surface area contributed by atoms with Gasteiger partial charge in [0.05, 0.1) is 11.7 Å². The molecule has 2 heterocycles. The summed E-state index contributed by atoms with van der Waals surface area (Å²) >= 11 is 0. The van der Waals surface area contributed by atoms with Crippen LogP contribution in [0.1, 0.15) is 36.1 Å². The fraction of sp³-hybridized carbons (Fsp3) is 0.304. The van der Waals surface area contributed by atoms with Crippen LogP contribution in [0.5, 0.6) is 5.75 Å². The molecule has 3 aromatic rings. The van der Waals surface area contributed by atoms with E-state index in [4.69, 9.17) is 9.26 Å². The standard InChI is InChI=1S/C23H25N3O3/c27-23(26-14-11-19(12-15-26)21-13-16-29-25-21)24-22(18-7-3-1-4-8-18)17-28-20-9-5-2-6-10-20/h1-10,13,16,19,22H,11-12,14-15,17H2,(H,24,27). The molecule has 2 aromatic carbocycles. The molecule has 2 amide bonds. The van der Waals surface area contributed by atoms with Crippen LogP contribution < -0.4 is 10.1 Å². The van der Waals surface area contributed by atoms with E-state index in [-0.39, 0.29) is 12.1 Å². The van der Waals surface area contributed by atoms with Gasteiger partial charge >= 0.3 is 6.03 Å². The minimum absolute atomic E-state index is 0.0610. The number of urea groups is 1. The number of aromatic nitrogens is 1. The zero-order chi connectivity index (χ0) is 19.9. The van der Waals surface area contributed by atoms with Crippen LogP contribution in [0.4, 0.5) is 4.79 Å². The summed E-state index contributed by atoms with van der Waals surface area (Å²) in [7, 11) is 0. The van der Waals surface area contributed by atoms with Gasteiger partial charge in [0.2, 0.25) is 0 Å². The number of nitrogens with one attached hydrogen (secondary N) is 1. The minimum atomic E-state index is -0.225. The third-order valence-electron chi connectivity index (χ3n) is 5.32. The lowest BCUT2D eigenvalue weighted by molar-refractivity contribution is 0.170. The number of ether oxygens (including phenoxy) is 1. The van der Waals surface area contributed by atoms with Crippen LogP contribution >= 0.6 is 0 Å². The lowest BCUT2D eigenvalue weighted by Crippen LogP contribution is -2.46. The zero-order valence-corrected chi connectivity index (χ0v) is 16.2. The maximum atomic E-state index is 12.9. The first-order chi connectivity index (χ1) is 14.3. The molecule has 1 aliphatic heterocycles. The Labute approximate surface area is 170 Å². The smallest absolute Gasteiger partial charge is 0.317 e. The van der Waals surface area contributed by atoms with E-state index in [0.29, 0.717) is 25.6 Å². The lowest BCUT2D eigenvalue weighted by atomic mass is 9.94. The van der Waals surface area contributed by atoms with E-state index in [9.17, 15) is 4.79 Å². The highest BCUT2D eigenvalue weighted by atomic mass is 16.5. The largest absolute Gasteiger partial charge is 0.491 e. The van der Waals surface area contributed by atoms with E-state index in [1.54, 1.807) is 6.26 Å². The van der Waals surface area contributed by atoms with Crippen molar-refractivity contribution in [3.05, 3.63) is 84.3 Å². The van der Waals surface area contributed by atoms with Crippen molar-refractivity contribution in [1.29, 1.82) is 0 Å². The van der Waals surface area contributed by atoms with Gasteiger partial charge in [0.25, 0.3) is 0 Å². The van der Waals surface area contributed by atoms with Gasteiger partial charge < -0.3 is 19.5 Å². The molecule has 1 N–H and O–H groups in total. The molecule has 6 nitrogen and oxygen atoms in total. The molecule has 0 saturated carbocycles. The van der Waals surface area contributed by atoms with Crippen molar-refractivity contribution < 1.29 is 14.1 Å². The highest BCUT2D eigenvalue weighted by Crippen LogP contribution is 2.27. The second-order valence-electron chi connectivity index (χ2n) is 7.22. The van der Waals surface area contributed by atoms with Gasteiger partial charge in [-0.05, 0) is 30.5 Å². The first-order valence-electron chi connectivity index (χ1n) is 9.98. The quantitative estimate of drug-likeness (QED) is 0.677. The molecule has 1 saturated heterocycles. The number of carbonyl (C=O) groups is 1. The lowest BCUT2D eigenvalue weighted by Gasteiger charge is -2.32. The van der Waals surface area contributed by atoms with Crippen molar-refractivity contribution in [1.82, 2.24) is 15.4 Å². The van der Waals surface area contributed by atoms with E-state index in [0.717, 1.165) is 29.8 Å². The van der Waals surface area contributed by atoms with Crippen molar-refractivity contribution in [2.24, 2.45) is 0 Å². The zero-order valence-electron chi connectivity index (χ0n) is 16.2. The second kappa shape index (κ2) is 9.28. The molecular weight excluding hydrogens is 366 g/mol. The summed E-state index contributed by atoms with van der Waals surface area (Å²) in [4.78, 5) is 14.8. The van der Waals surface area contributed by atoms with Crippen LogP contribution in [0.25, 0.3) is 0 Å².